The molecule has 7 nitrogen and oxygen atoms in total. The Bertz CT molecular complexity index is 411. The summed E-state index contributed by atoms with van der Waals surface area (Å²) in [5.74, 6) is 0. The molecule has 1 rings (SSSR count). The van der Waals surface area contributed by atoms with Gasteiger partial charge in [0.05, 0.1) is 23.7 Å². The smallest absolute Gasteiger partial charge is 0.269 e. The highest BCUT2D eigenvalue weighted by molar-refractivity contribution is 5.34. The van der Waals surface area contributed by atoms with Gasteiger partial charge in [-0.15, -0.1) is 0 Å². The van der Waals surface area contributed by atoms with Gasteiger partial charge in [-0.3, -0.25) is 10.1 Å². The fourth-order valence-corrected chi connectivity index (χ4v) is 1.86. The number of nitro benzene ring substituents is 1. The Kier molecular flexibility index (Phi) is 7.10. The fraction of sp³-hybridized carbons (Fsp3) is 0.538. The van der Waals surface area contributed by atoms with Crippen molar-refractivity contribution in [3.8, 4) is 0 Å². The normalized spacial score (nSPS) is 13.9. The van der Waals surface area contributed by atoms with E-state index in [0.717, 1.165) is 12.8 Å². The zero-order valence-corrected chi connectivity index (χ0v) is 11.2. The van der Waals surface area contributed by atoms with Crippen molar-refractivity contribution in [3.63, 3.8) is 0 Å². The van der Waals surface area contributed by atoms with E-state index in [1.54, 1.807) is 0 Å². The molecule has 0 saturated carbocycles. The van der Waals surface area contributed by atoms with Gasteiger partial charge < -0.3 is 21.3 Å². The van der Waals surface area contributed by atoms with Crippen LogP contribution in [0.3, 0.4) is 0 Å². The maximum absolute atomic E-state index is 10.6. The van der Waals surface area contributed by atoms with Crippen LogP contribution in [0.5, 0.6) is 0 Å². The van der Waals surface area contributed by atoms with Crippen molar-refractivity contribution >= 4 is 5.69 Å². The summed E-state index contributed by atoms with van der Waals surface area (Å²) in [5, 5.41) is 33.1. The van der Waals surface area contributed by atoms with Crippen LogP contribution in [0.25, 0.3) is 0 Å². The predicted molar refractivity (Wildman–Crippen MR) is 75.2 cm³/mol. The van der Waals surface area contributed by atoms with E-state index in [-0.39, 0.29) is 12.3 Å². The summed E-state index contributed by atoms with van der Waals surface area (Å²) < 4.78 is 0. The average molecular weight is 283 g/mol. The number of nitrogens with two attached hydrogens (primary N) is 1. The van der Waals surface area contributed by atoms with Crippen LogP contribution in [-0.4, -0.2) is 40.9 Å². The van der Waals surface area contributed by atoms with E-state index in [2.05, 4.69) is 5.32 Å². The topological polar surface area (TPSA) is 122 Å². The van der Waals surface area contributed by atoms with Gasteiger partial charge in [-0.1, -0.05) is 0 Å². The lowest BCUT2D eigenvalue weighted by atomic mass is 10.0. The second-order valence-electron chi connectivity index (χ2n) is 4.53. The molecule has 0 aliphatic carbocycles. The number of unbranched alkanes of at least 4 members (excludes halogenated alkanes) is 1. The van der Waals surface area contributed by atoms with E-state index in [1.807, 2.05) is 0 Å². The van der Waals surface area contributed by atoms with Gasteiger partial charge in [0.1, 0.15) is 0 Å². The number of nitrogens with one attached hydrogen (secondary N) is 1. The SMILES string of the molecule is NCCCCN[C@H](CO)[C@H](O)c1ccc([N+](=O)[O-])cc1. The molecular weight excluding hydrogens is 262 g/mol. The van der Waals surface area contributed by atoms with Gasteiger partial charge in [-0.05, 0) is 43.6 Å². The number of benzene rings is 1. The van der Waals surface area contributed by atoms with Crippen LogP contribution in [0.2, 0.25) is 0 Å². The first-order valence-electron chi connectivity index (χ1n) is 6.57. The summed E-state index contributed by atoms with van der Waals surface area (Å²) in [6, 6.07) is 5.15. The molecule has 0 spiro atoms. The maximum atomic E-state index is 10.6. The molecule has 1 aromatic carbocycles. The number of hydrogen-bond donors (Lipinski definition) is 4. The second-order valence-corrected chi connectivity index (χ2v) is 4.53. The van der Waals surface area contributed by atoms with Gasteiger partial charge in [0, 0.05) is 12.1 Å². The molecule has 7 heteroatoms. The summed E-state index contributed by atoms with van der Waals surface area (Å²) in [6.07, 6.45) is 0.817. The zero-order valence-electron chi connectivity index (χ0n) is 11.2. The molecular formula is C13H21N3O4. The number of nitro groups is 1. The number of nitrogens with zero attached hydrogens (tertiary/aromatic N) is 1. The van der Waals surface area contributed by atoms with Gasteiger partial charge in [-0.2, -0.15) is 0 Å². The minimum Gasteiger partial charge on any atom is -0.395 e. The Morgan fingerprint density at radius 1 is 1.30 bits per heavy atom. The van der Waals surface area contributed by atoms with E-state index in [0.29, 0.717) is 18.7 Å². The Balaban J connectivity index is 2.60. The molecule has 2 atom stereocenters. The molecule has 0 unspecified atom stereocenters. The molecule has 0 radical (unpaired) electrons. The predicted octanol–water partition coefficient (Wildman–Crippen LogP) is 0.318. The number of aliphatic hydroxyl groups excluding tert-OH is 2. The van der Waals surface area contributed by atoms with Crippen LogP contribution in [0.15, 0.2) is 24.3 Å². The Morgan fingerprint density at radius 3 is 2.45 bits per heavy atom. The summed E-state index contributed by atoms with van der Waals surface area (Å²) in [4.78, 5) is 10.1. The first-order chi connectivity index (χ1) is 9.60. The highest BCUT2D eigenvalue weighted by Crippen LogP contribution is 2.20. The number of hydrogen-bond acceptors (Lipinski definition) is 6. The lowest BCUT2D eigenvalue weighted by Gasteiger charge is -2.22. The van der Waals surface area contributed by atoms with Crippen molar-refractivity contribution in [1.82, 2.24) is 5.32 Å². The van der Waals surface area contributed by atoms with E-state index >= 15 is 0 Å². The number of aliphatic hydroxyl groups is 2. The zero-order chi connectivity index (χ0) is 15.0. The Morgan fingerprint density at radius 2 is 1.95 bits per heavy atom. The average Bonchev–Trinajstić information content (AvgIpc) is 2.47. The molecule has 0 aromatic heterocycles. The van der Waals surface area contributed by atoms with Gasteiger partial charge in [0.2, 0.25) is 0 Å². The summed E-state index contributed by atoms with van der Waals surface area (Å²) >= 11 is 0. The summed E-state index contributed by atoms with van der Waals surface area (Å²) in [6.45, 7) is 1.03. The largest absolute Gasteiger partial charge is 0.395 e. The van der Waals surface area contributed by atoms with Crippen LogP contribution >= 0.6 is 0 Å². The fourth-order valence-electron chi connectivity index (χ4n) is 1.86. The molecule has 20 heavy (non-hydrogen) atoms. The van der Waals surface area contributed by atoms with E-state index in [9.17, 15) is 20.3 Å². The minimum absolute atomic E-state index is 0.0302. The van der Waals surface area contributed by atoms with Gasteiger partial charge in [0.25, 0.3) is 5.69 Å². The monoisotopic (exact) mass is 283 g/mol. The van der Waals surface area contributed by atoms with Crippen LogP contribution in [-0.2, 0) is 0 Å². The molecule has 0 bridgehead atoms. The molecule has 0 amide bonds. The van der Waals surface area contributed by atoms with Crippen molar-refractivity contribution in [3.05, 3.63) is 39.9 Å². The molecule has 1 aromatic rings. The number of non-ortho nitro benzene ring substituents is 1. The van der Waals surface area contributed by atoms with Crippen molar-refractivity contribution in [2.24, 2.45) is 5.73 Å². The molecule has 0 fully saturated rings. The van der Waals surface area contributed by atoms with Crippen molar-refractivity contribution in [2.75, 3.05) is 19.7 Å². The van der Waals surface area contributed by atoms with Crippen molar-refractivity contribution in [1.29, 1.82) is 0 Å². The second kappa shape index (κ2) is 8.60. The standard InChI is InChI=1S/C13H21N3O4/c14-7-1-2-8-15-12(9-17)13(18)10-3-5-11(6-4-10)16(19)20/h3-6,12-13,15,17-18H,1-2,7-9,14H2/t12-,13-/m1/s1. The lowest BCUT2D eigenvalue weighted by Crippen LogP contribution is -2.38. The van der Waals surface area contributed by atoms with Gasteiger partial charge in [-0.25, -0.2) is 0 Å². The first-order valence-corrected chi connectivity index (χ1v) is 6.57. The van der Waals surface area contributed by atoms with Crippen molar-refractivity contribution < 1.29 is 15.1 Å². The highest BCUT2D eigenvalue weighted by atomic mass is 16.6. The van der Waals surface area contributed by atoms with Crippen molar-refractivity contribution in [2.45, 2.75) is 25.0 Å². The Hall–Kier alpha value is -1.54. The van der Waals surface area contributed by atoms with Crippen LogP contribution in [0.4, 0.5) is 5.69 Å². The minimum atomic E-state index is -0.918. The molecule has 0 aliphatic rings. The van der Waals surface area contributed by atoms with E-state index in [1.165, 1.54) is 24.3 Å². The van der Waals surface area contributed by atoms with Crippen LogP contribution in [0, 0.1) is 10.1 Å². The third kappa shape index (κ3) is 4.86. The third-order valence-corrected chi connectivity index (χ3v) is 3.06. The summed E-state index contributed by atoms with van der Waals surface area (Å²) in [5.41, 5.74) is 5.88. The summed E-state index contributed by atoms with van der Waals surface area (Å²) in [7, 11) is 0. The van der Waals surface area contributed by atoms with E-state index in [4.69, 9.17) is 5.73 Å². The van der Waals surface area contributed by atoms with Gasteiger partial charge >= 0.3 is 0 Å². The molecule has 112 valence electrons. The maximum Gasteiger partial charge on any atom is 0.269 e. The molecule has 0 heterocycles. The van der Waals surface area contributed by atoms with Crippen LogP contribution in [0.1, 0.15) is 24.5 Å². The van der Waals surface area contributed by atoms with E-state index < -0.39 is 17.1 Å². The highest BCUT2D eigenvalue weighted by Gasteiger charge is 2.20. The first kappa shape index (κ1) is 16.5. The number of rotatable bonds is 9. The third-order valence-electron chi connectivity index (χ3n) is 3.06. The lowest BCUT2D eigenvalue weighted by molar-refractivity contribution is -0.384. The molecule has 0 aliphatic heterocycles. The Labute approximate surface area is 117 Å². The molecule has 0 saturated heterocycles. The molecule has 5 N–H and O–H groups in total. The van der Waals surface area contributed by atoms with Gasteiger partial charge in [0.15, 0.2) is 0 Å². The quantitative estimate of drug-likeness (QED) is 0.294. The van der Waals surface area contributed by atoms with Crippen LogP contribution < -0.4 is 11.1 Å².